The van der Waals surface area contributed by atoms with E-state index in [1.165, 1.54) is 12.1 Å². The first-order valence-electron chi connectivity index (χ1n) is 6.07. The monoisotopic (exact) mass is 293 g/mol. The van der Waals surface area contributed by atoms with E-state index in [0.717, 1.165) is 6.07 Å². The zero-order chi connectivity index (χ0) is 14.8. The van der Waals surface area contributed by atoms with Crippen molar-refractivity contribution in [1.82, 2.24) is 10.2 Å². The summed E-state index contributed by atoms with van der Waals surface area (Å²) in [6.07, 6.45) is 0. The van der Waals surface area contributed by atoms with Crippen molar-refractivity contribution in [1.29, 1.82) is 0 Å². The lowest BCUT2D eigenvalue weighted by atomic mass is 10.3. The molecule has 0 aliphatic heterocycles. The van der Waals surface area contributed by atoms with E-state index in [1.54, 1.807) is 18.2 Å². The minimum Gasteiger partial charge on any atom is -0.382 e. The predicted molar refractivity (Wildman–Crippen MR) is 75.5 cm³/mol. The Labute approximate surface area is 116 Å². The molecule has 0 aliphatic carbocycles. The van der Waals surface area contributed by atoms with E-state index in [9.17, 15) is 13.2 Å². The standard InChI is InChI=1S/C13H15N3O3S/c1-9(2)14-10-5-3-4-6-11(10)20(18,19)13-8-7-12(17)15-16-13/h3-9,14H,1-2H3,(H,15,17). The number of rotatable bonds is 4. The minimum absolute atomic E-state index is 0.0925. The lowest BCUT2D eigenvalue weighted by Crippen LogP contribution is -2.16. The fourth-order valence-corrected chi connectivity index (χ4v) is 3.04. The number of nitrogens with one attached hydrogen (secondary N) is 2. The van der Waals surface area contributed by atoms with Crippen molar-refractivity contribution in [2.75, 3.05) is 5.32 Å². The van der Waals surface area contributed by atoms with Crippen LogP contribution in [0.15, 0.2) is 51.1 Å². The molecule has 2 rings (SSSR count). The van der Waals surface area contributed by atoms with Crippen molar-refractivity contribution in [3.05, 3.63) is 46.8 Å². The molecular formula is C13H15N3O3S. The highest BCUT2D eigenvalue weighted by Crippen LogP contribution is 2.26. The van der Waals surface area contributed by atoms with Crippen LogP contribution >= 0.6 is 0 Å². The molecule has 7 heteroatoms. The summed E-state index contributed by atoms with van der Waals surface area (Å²) in [7, 11) is -3.78. The number of hydrogen-bond acceptors (Lipinski definition) is 5. The van der Waals surface area contributed by atoms with Crippen LogP contribution in [0, 0.1) is 0 Å². The first kappa shape index (κ1) is 14.3. The Balaban J connectivity index is 2.54. The first-order chi connectivity index (χ1) is 9.41. The second-order valence-electron chi connectivity index (χ2n) is 4.56. The lowest BCUT2D eigenvalue weighted by molar-refractivity contribution is 0.590. The number of hydrogen-bond donors (Lipinski definition) is 2. The van der Waals surface area contributed by atoms with Gasteiger partial charge in [-0.3, -0.25) is 4.79 Å². The second-order valence-corrected chi connectivity index (χ2v) is 6.42. The van der Waals surface area contributed by atoms with Gasteiger partial charge < -0.3 is 5.32 Å². The molecule has 0 aliphatic rings. The third-order valence-electron chi connectivity index (χ3n) is 2.55. The minimum atomic E-state index is -3.78. The molecule has 6 nitrogen and oxygen atoms in total. The second kappa shape index (κ2) is 5.46. The summed E-state index contributed by atoms with van der Waals surface area (Å²) in [5.41, 5.74) is 0.0630. The summed E-state index contributed by atoms with van der Waals surface area (Å²) in [5, 5.41) is 8.62. The average molecular weight is 293 g/mol. The van der Waals surface area contributed by atoms with Crippen LogP contribution in [-0.4, -0.2) is 24.7 Å². The SMILES string of the molecule is CC(C)Nc1ccccc1S(=O)(=O)c1ccc(=O)[nH]n1. The maximum atomic E-state index is 12.5. The van der Waals surface area contributed by atoms with Crippen molar-refractivity contribution in [3.8, 4) is 0 Å². The van der Waals surface area contributed by atoms with Crippen molar-refractivity contribution in [2.45, 2.75) is 29.8 Å². The molecule has 1 aromatic carbocycles. The molecule has 2 N–H and O–H groups in total. The van der Waals surface area contributed by atoms with Gasteiger partial charge in [0.05, 0.1) is 10.6 Å². The number of para-hydroxylation sites is 1. The van der Waals surface area contributed by atoms with E-state index in [0.29, 0.717) is 5.69 Å². The van der Waals surface area contributed by atoms with E-state index in [2.05, 4.69) is 15.5 Å². The highest BCUT2D eigenvalue weighted by Gasteiger charge is 2.23. The highest BCUT2D eigenvalue weighted by molar-refractivity contribution is 7.91. The molecule has 0 unspecified atom stereocenters. The Kier molecular flexibility index (Phi) is 3.89. The number of nitrogens with zero attached hydrogens (tertiary/aromatic N) is 1. The molecule has 0 atom stereocenters. The van der Waals surface area contributed by atoms with Gasteiger partial charge in [-0.05, 0) is 32.0 Å². The van der Waals surface area contributed by atoms with Gasteiger partial charge in [0.15, 0.2) is 5.03 Å². The van der Waals surface area contributed by atoms with Crippen LogP contribution in [0.25, 0.3) is 0 Å². The molecular weight excluding hydrogens is 278 g/mol. The number of aromatic nitrogens is 2. The number of sulfone groups is 1. The molecule has 2 aromatic rings. The number of aromatic amines is 1. The molecule has 0 fully saturated rings. The summed E-state index contributed by atoms with van der Waals surface area (Å²) < 4.78 is 25.0. The summed E-state index contributed by atoms with van der Waals surface area (Å²) in [5.74, 6) is 0. The van der Waals surface area contributed by atoms with Crippen molar-refractivity contribution >= 4 is 15.5 Å². The Morgan fingerprint density at radius 2 is 1.85 bits per heavy atom. The van der Waals surface area contributed by atoms with Crippen LogP contribution in [0.5, 0.6) is 0 Å². The van der Waals surface area contributed by atoms with E-state index >= 15 is 0 Å². The zero-order valence-corrected chi connectivity index (χ0v) is 11.9. The van der Waals surface area contributed by atoms with Crippen LogP contribution < -0.4 is 10.9 Å². The van der Waals surface area contributed by atoms with Crippen LogP contribution in [0.4, 0.5) is 5.69 Å². The fraction of sp³-hybridized carbons (Fsp3) is 0.231. The van der Waals surface area contributed by atoms with Crippen molar-refractivity contribution < 1.29 is 8.42 Å². The van der Waals surface area contributed by atoms with Crippen molar-refractivity contribution in [2.24, 2.45) is 0 Å². The summed E-state index contributed by atoms with van der Waals surface area (Å²) in [6, 6.07) is 9.02. The van der Waals surface area contributed by atoms with Gasteiger partial charge in [0.2, 0.25) is 9.84 Å². The normalized spacial score (nSPS) is 11.6. The number of anilines is 1. The summed E-state index contributed by atoms with van der Waals surface area (Å²) in [4.78, 5) is 11.1. The zero-order valence-electron chi connectivity index (χ0n) is 11.1. The largest absolute Gasteiger partial charge is 0.382 e. The fourth-order valence-electron chi connectivity index (χ4n) is 1.73. The smallest absolute Gasteiger partial charge is 0.264 e. The van der Waals surface area contributed by atoms with Crippen LogP contribution in [0.3, 0.4) is 0 Å². The van der Waals surface area contributed by atoms with Gasteiger partial charge >= 0.3 is 0 Å². The van der Waals surface area contributed by atoms with E-state index in [1.807, 2.05) is 13.8 Å². The number of H-pyrrole nitrogens is 1. The summed E-state index contributed by atoms with van der Waals surface area (Å²) >= 11 is 0. The van der Waals surface area contributed by atoms with Crippen LogP contribution in [0.2, 0.25) is 0 Å². The maximum absolute atomic E-state index is 12.5. The van der Waals surface area contributed by atoms with Crippen LogP contribution in [0.1, 0.15) is 13.8 Å². The van der Waals surface area contributed by atoms with E-state index < -0.39 is 15.4 Å². The van der Waals surface area contributed by atoms with Gasteiger partial charge in [-0.2, -0.15) is 5.10 Å². The molecule has 0 bridgehead atoms. The molecule has 106 valence electrons. The van der Waals surface area contributed by atoms with Gasteiger partial charge in [-0.15, -0.1) is 0 Å². The molecule has 0 spiro atoms. The quantitative estimate of drug-likeness (QED) is 0.889. The van der Waals surface area contributed by atoms with Crippen LogP contribution in [-0.2, 0) is 9.84 Å². The Hall–Kier alpha value is -2.15. The first-order valence-corrected chi connectivity index (χ1v) is 7.56. The van der Waals surface area contributed by atoms with Gasteiger partial charge in [0, 0.05) is 12.1 Å². The highest BCUT2D eigenvalue weighted by atomic mass is 32.2. The average Bonchev–Trinajstić information content (AvgIpc) is 2.39. The van der Waals surface area contributed by atoms with Gasteiger partial charge in [-0.1, -0.05) is 12.1 Å². The third kappa shape index (κ3) is 2.88. The predicted octanol–water partition coefficient (Wildman–Crippen LogP) is 1.42. The van der Waals surface area contributed by atoms with Gasteiger partial charge in [0.1, 0.15) is 0 Å². The molecule has 20 heavy (non-hydrogen) atoms. The lowest BCUT2D eigenvalue weighted by Gasteiger charge is -2.14. The van der Waals surface area contributed by atoms with Gasteiger partial charge in [0.25, 0.3) is 5.56 Å². The van der Waals surface area contributed by atoms with Crippen molar-refractivity contribution in [3.63, 3.8) is 0 Å². The Bertz CT molecular complexity index is 746. The summed E-state index contributed by atoms with van der Waals surface area (Å²) in [6.45, 7) is 3.84. The molecule has 1 heterocycles. The third-order valence-corrected chi connectivity index (χ3v) is 4.26. The number of benzene rings is 1. The topological polar surface area (TPSA) is 91.9 Å². The molecule has 0 saturated carbocycles. The Morgan fingerprint density at radius 1 is 1.15 bits per heavy atom. The molecule has 1 aromatic heterocycles. The maximum Gasteiger partial charge on any atom is 0.264 e. The molecule has 0 amide bonds. The van der Waals surface area contributed by atoms with E-state index in [-0.39, 0.29) is 16.0 Å². The van der Waals surface area contributed by atoms with Gasteiger partial charge in [-0.25, -0.2) is 13.5 Å². The molecule has 0 radical (unpaired) electrons. The Morgan fingerprint density at radius 3 is 2.45 bits per heavy atom. The van der Waals surface area contributed by atoms with E-state index in [4.69, 9.17) is 0 Å². The molecule has 0 saturated heterocycles.